The van der Waals surface area contributed by atoms with E-state index in [1.165, 1.54) is 14.0 Å². The lowest BCUT2D eigenvalue weighted by Crippen LogP contribution is -2.51. The highest BCUT2D eigenvalue weighted by molar-refractivity contribution is 5.87. The molecular weight excluding hydrogens is 366 g/mol. The number of hydrogen-bond donors (Lipinski definition) is 0. The largest absolute Gasteiger partial charge is 0.453 e. The maximum Gasteiger partial charge on any atom is 0.409 e. The van der Waals surface area contributed by atoms with Crippen molar-refractivity contribution in [1.29, 1.82) is 0 Å². The van der Waals surface area contributed by atoms with Crippen molar-refractivity contribution in [3.63, 3.8) is 0 Å². The molecule has 1 aliphatic rings. The Morgan fingerprint density at radius 3 is 2.59 bits per heavy atom. The van der Waals surface area contributed by atoms with Crippen molar-refractivity contribution in [2.45, 2.75) is 83.6 Å². The quantitative estimate of drug-likeness (QED) is 0.500. The number of carbonyl (C=O) groups is 2. The molecule has 1 saturated heterocycles. The van der Waals surface area contributed by atoms with Gasteiger partial charge in [-0.2, -0.15) is 0 Å². The summed E-state index contributed by atoms with van der Waals surface area (Å²) in [7, 11) is 1.44. The average Bonchev–Trinajstić information content (AvgIpc) is 2.72. The van der Waals surface area contributed by atoms with Crippen LogP contribution in [0.25, 0.3) is 0 Å². The van der Waals surface area contributed by atoms with E-state index in [4.69, 9.17) is 9.47 Å². The number of amides is 1. The van der Waals surface area contributed by atoms with Gasteiger partial charge in [-0.15, -0.1) is 0 Å². The fourth-order valence-corrected chi connectivity index (χ4v) is 4.11. The van der Waals surface area contributed by atoms with Gasteiger partial charge in [-0.3, -0.25) is 4.79 Å². The van der Waals surface area contributed by atoms with Crippen molar-refractivity contribution >= 4 is 11.9 Å². The number of rotatable bonds is 10. The molecule has 5 nitrogen and oxygen atoms in total. The van der Waals surface area contributed by atoms with Crippen LogP contribution < -0.4 is 0 Å². The van der Waals surface area contributed by atoms with E-state index in [-0.39, 0.29) is 30.1 Å². The van der Waals surface area contributed by atoms with E-state index < -0.39 is 0 Å². The molecule has 160 valence electrons. The van der Waals surface area contributed by atoms with E-state index in [1.54, 1.807) is 6.08 Å². The van der Waals surface area contributed by atoms with Crippen LogP contribution in [-0.2, 0) is 20.9 Å². The number of allylic oxidation sites excluding steroid dienone is 1. The number of hydrogen-bond acceptors (Lipinski definition) is 4. The Balaban J connectivity index is 2.05. The third-order valence-electron chi connectivity index (χ3n) is 5.48. The van der Waals surface area contributed by atoms with Gasteiger partial charge in [0.25, 0.3) is 0 Å². The van der Waals surface area contributed by atoms with Gasteiger partial charge in [-0.25, -0.2) is 4.79 Å². The molecule has 1 aromatic carbocycles. The van der Waals surface area contributed by atoms with Gasteiger partial charge < -0.3 is 14.4 Å². The lowest BCUT2D eigenvalue weighted by molar-refractivity contribution is -0.112. The van der Waals surface area contributed by atoms with Crippen LogP contribution in [0, 0.1) is 0 Å². The van der Waals surface area contributed by atoms with Gasteiger partial charge in [-0.05, 0) is 57.1 Å². The van der Waals surface area contributed by atoms with Gasteiger partial charge in [0.2, 0.25) is 0 Å². The smallest absolute Gasteiger partial charge is 0.409 e. The summed E-state index contributed by atoms with van der Waals surface area (Å²) in [5.74, 6) is 0.0271. The minimum Gasteiger partial charge on any atom is -0.453 e. The Bertz CT molecular complexity index is 658. The van der Waals surface area contributed by atoms with Gasteiger partial charge >= 0.3 is 6.09 Å². The van der Waals surface area contributed by atoms with Crippen molar-refractivity contribution in [3.8, 4) is 0 Å². The van der Waals surface area contributed by atoms with Gasteiger partial charge in [0.15, 0.2) is 5.78 Å². The molecule has 0 radical (unpaired) electrons. The zero-order valence-corrected chi connectivity index (χ0v) is 18.0. The van der Waals surface area contributed by atoms with E-state index in [1.807, 2.05) is 29.2 Å². The maximum atomic E-state index is 12.6. The molecule has 0 N–H and O–H groups in total. The highest BCUT2D eigenvalue weighted by atomic mass is 16.5. The molecular formula is C24H35NO4. The van der Waals surface area contributed by atoms with Crippen molar-refractivity contribution in [2.75, 3.05) is 7.11 Å². The van der Waals surface area contributed by atoms with E-state index in [0.29, 0.717) is 13.0 Å². The van der Waals surface area contributed by atoms with Crippen molar-refractivity contribution < 1.29 is 19.1 Å². The lowest BCUT2D eigenvalue weighted by atomic mass is 9.90. The number of ketones is 1. The highest BCUT2D eigenvalue weighted by Gasteiger charge is 2.35. The first-order chi connectivity index (χ1) is 14.0. The zero-order chi connectivity index (χ0) is 21.1. The second-order valence-electron chi connectivity index (χ2n) is 7.81. The molecule has 1 amide bonds. The number of benzene rings is 1. The van der Waals surface area contributed by atoms with E-state index in [0.717, 1.165) is 44.1 Å². The van der Waals surface area contributed by atoms with Gasteiger partial charge in [0.05, 0.1) is 19.8 Å². The van der Waals surface area contributed by atoms with Gasteiger partial charge in [-0.1, -0.05) is 49.8 Å². The number of likely N-dealkylation sites (tertiary alicyclic amines) is 1. The van der Waals surface area contributed by atoms with E-state index in [9.17, 15) is 9.59 Å². The third kappa shape index (κ3) is 7.65. The van der Waals surface area contributed by atoms with Gasteiger partial charge in [0, 0.05) is 12.1 Å². The molecule has 1 aliphatic heterocycles. The summed E-state index contributed by atoms with van der Waals surface area (Å²) in [4.78, 5) is 25.7. The Kier molecular flexibility index (Phi) is 9.92. The van der Waals surface area contributed by atoms with Crippen LogP contribution in [0.15, 0.2) is 42.5 Å². The maximum absolute atomic E-state index is 12.6. The molecule has 1 aromatic rings. The van der Waals surface area contributed by atoms with Crippen LogP contribution in [0.3, 0.4) is 0 Å². The van der Waals surface area contributed by atoms with Crippen LogP contribution in [-0.4, -0.2) is 42.1 Å². The minimum atomic E-state index is -0.283. The minimum absolute atomic E-state index is 0.0271. The average molecular weight is 402 g/mol. The topological polar surface area (TPSA) is 55.8 Å². The fourth-order valence-electron chi connectivity index (χ4n) is 4.11. The van der Waals surface area contributed by atoms with Crippen molar-refractivity contribution in [2.24, 2.45) is 0 Å². The van der Waals surface area contributed by atoms with Crippen LogP contribution in [0.2, 0.25) is 0 Å². The number of methoxy groups -OCH3 is 1. The standard InChI is InChI=1S/C24H35NO4/c1-4-10-23(29-18-20-12-6-5-7-13-20)17-22-16-9-15-21(14-8-11-19(2)26)25(22)24(27)28-3/h5-8,11-13,21-23H,4,9-10,14-18H2,1-3H3/b11-8+/t21-,22+,23-/m1/s1. The van der Waals surface area contributed by atoms with E-state index in [2.05, 4.69) is 19.1 Å². The summed E-state index contributed by atoms with van der Waals surface area (Å²) in [6.45, 7) is 4.28. The van der Waals surface area contributed by atoms with E-state index >= 15 is 0 Å². The lowest BCUT2D eigenvalue weighted by Gasteiger charge is -2.42. The summed E-state index contributed by atoms with van der Waals surface area (Å²) >= 11 is 0. The molecule has 1 heterocycles. The molecule has 0 saturated carbocycles. The molecule has 0 aliphatic carbocycles. The molecule has 0 spiro atoms. The monoisotopic (exact) mass is 401 g/mol. The number of carbonyl (C=O) groups excluding carboxylic acids is 2. The molecule has 1 fully saturated rings. The molecule has 0 unspecified atom stereocenters. The summed E-state index contributed by atoms with van der Waals surface area (Å²) < 4.78 is 11.3. The van der Waals surface area contributed by atoms with Crippen LogP contribution in [0.5, 0.6) is 0 Å². The normalized spacial score (nSPS) is 20.6. The van der Waals surface area contributed by atoms with Crippen LogP contribution in [0.4, 0.5) is 4.79 Å². The summed E-state index contributed by atoms with van der Waals surface area (Å²) in [6.07, 6.45) is 9.71. The van der Waals surface area contributed by atoms with Crippen molar-refractivity contribution in [3.05, 3.63) is 48.0 Å². The van der Waals surface area contributed by atoms with Crippen molar-refractivity contribution in [1.82, 2.24) is 4.90 Å². The molecule has 29 heavy (non-hydrogen) atoms. The predicted octanol–water partition coefficient (Wildman–Crippen LogP) is 5.29. The SMILES string of the molecule is CCC[C@H](C[C@@H]1CCC[C@@H](C/C=C/C(C)=O)N1C(=O)OC)OCc1ccccc1. The Hall–Kier alpha value is -2.14. The molecule has 2 rings (SSSR count). The second kappa shape index (κ2) is 12.4. The van der Waals surface area contributed by atoms with Gasteiger partial charge in [0.1, 0.15) is 0 Å². The first-order valence-corrected chi connectivity index (χ1v) is 10.7. The summed E-state index contributed by atoms with van der Waals surface area (Å²) in [5.41, 5.74) is 1.16. The summed E-state index contributed by atoms with van der Waals surface area (Å²) in [6, 6.07) is 10.3. The number of nitrogens with zero attached hydrogens (tertiary/aromatic N) is 1. The Labute approximate surface area is 175 Å². The summed E-state index contributed by atoms with van der Waals surface area (Å²) in [5, 5.41) is 0. The van der Waals surface area contributed by atoms with Crippen LogP contribution in [0.1, 0.15) is 64.4 Å². The number of piperidine rings is 1. The van der Waals surface area contributed by atoms with Crippen LogP contribution >= 0.6 is 0 Å². The molecule has 5 heteroatoms. The second-order valence-corrected chi connectivity index (χ2v) is 7.81. The fraction of sp³-hybridized carbons (Fsp3) is 0.583. The first kappa shape index (κ1) is 23.1. The molecule has 0 aromatic heterocycles. The molecule has 3 atom stereocenters. The third-order valence-corrected chi connectivity index (χ3v) is 5.48. The predicted molar refractivity (Wildman–Crippen MR) is 115 cm³/mol. The zero-order valence-electron chi connectivity index (χ0n) is 18.0. The molecule has 0 bridgehead atoms. The Morgan fingerprint density at radius 1 is 1.21 bits per heavy atom. The highest BCUT2D eigenvalue weighted by Crippen LogP contribution is 2.30. The number of ether oxygens (including phenoxy) is 2. The Morgan fingerprint density at radius 2 is 1.93 bits per heavy atom. The first-order valence-electron chi connectivity index (χ1n) is 10.7.